The van der Waals surface area contributed by atoms with Crippen LogP contribution in [-0.4, -0.2) is 36.2 Å². The van der Waals surface area contributed by atoms with Crippen molar-refractivity contribution in [3.05, 3.63) is 59.1 Å². The number of hydrogen-bond acceptors (Lipinski definition) is 3. The first-order chi connectivity index (χ1) is 11.7. The number of nitrogens with one attached hydrogen (secondary N) is 1. The van der Waals surface area contributed by atoms with E-state index in [1.165, 1.54) is 0 Å². The molecule has 0 unspecified atom stereocenters. The molecule has 0 aliphatic carbocycles. The van der Waals surface area contributed by atoms with Crippen LogP contribution in [0.4, 0.5) is 11.4 Å². The molecule has 6 heteroatoms. The molecule has 2 aromatic carbocycles. The molecule has 0 aromatic heterocycles. The number of thiocarbonyl (C=S) groups is 1. The maximum absolute atomic E-state index is 9.25. The van der Waals surface area contributed by atoms with Crippen molar-refractivity contribution in [2.45, 2.75) is 0 Å². The van der Waals surface area contributed by atoms with Crippen LogP contribution in [-0.2, 0) is 0 Å². The maximum atomic E-state index is 9.25. The summed E-state index contributed by atoms with van der Waals surface area (Å²) < 4.78 is 0. The lowest BCUT2D eigenvalue weighted by Crippen LogP contribution is -2.50. The minimum absolute atomic E-state index is 0.681. The van der Waals surface area contributed by atoms with Crippen LogP contribution in [0.3, 0.4) is 0 Å². The van der Waals surface area contributed by atoms with Crippen molar-refractivity contribution in [1.82, 2.24) is 4.90 Å². The molecule has 2 aromatic rings. The third kappa shape index (κ3) is 3.78. The van der Waals surface area contributed by atoms with E-state index in [0.29, 0.717) is 15.7 Å². The van der Waals surface area contributed by atoms with Gasteiger partial charge in [-0.05, 0) is 42.5 Å². The van der Waals surface area contributed by atoms with E-state index in [0.717, 1.165) is 37.6 Å². The summed E-state index contributed by atoms with van der Waals surface area (Å²) in [6, 6.07) is 17.5. The molecule has 0 radical (unpaired) electrons. The Hall–Kier alpha value is -2.29. The summed E-state index contributed by atoms with van der Waals surface area (Å²) >= 11 is 11.5. The number of piperazine rings is 1. The van der Waals surface area contributed by atoms with Crippen LogP contribution >= 0.6 is 23.8 Å². The van der Waals surface area contributed by atoms with Gasteiger partial charge in [-0.25, -0.2) is 0 Å². The van der Waals surface area contributed by atoms with Crippen LogP contribution in [0.1, 0.15) is 5.56 Å². The molecular formula is C18H17ClN4S. The minimum Gasteiger partial charge on any atom is -0.367 e. The lowest BCUT2D eigenvalue weighted by Gasteiger charge is -2.37. The SMILES string of the molecule is N#Cc1ccccc1N1CCN(C(=S)Nc2cccc(Cl)c2)CC1. The molecule has 0 saturated carbocycles. The molecule has 3 rings (SSSR count). The predicted octanol–water partition coefficient (Wildman–Crippen LogP) is 3.73. The quantitative estimate of drug-likeness (QED) is 0.830. The Labute approximate surface area is 152 Å². The average Bonchev–Trinajstić information content (AvgIpc) is 2.62. The predicted molar refractivity (Wildman–Crippen MR) is 103 cm³/mol. The fraction of sp³-hybridized carbons (Fsp3) is 0.222. The highest BCUT2D eigenvalue weighted by atomic mass is 35.5. The van der Waals surface area contributed by atoms with E-state index in [2.05, 4.69) is 21.2 Å². The van der Waals surface area contributed by atoms with Crippen molar-refractivity contribution in [3.63, 3.8) is 0 Å². The first-order valence-electron chi connectivity index (χ1n) is 7.73. The zero-order valence-electron chi connectivity index (χ0n) is 13.1. The second kappa shape index (κ2) is 7.52. The summed E-state index contributed by atoms with van der Waals surface area (Å²) in [4.78, 5) is 4.37. The smallest absolute Gasteiger partial charge is 0.173 e. The van der Waals surface area contributed by atoms with Gasteiger partial charge in [0.15, 0.2) is 5.11 Å². The van der Waals surface area contributed by atoms with E-state index in [-0.39, 0.29) is 0 Å². The Balaban J connectivity index is 1.61. The maximum Gasteiger partial charge on any atom is 0.173 e. The molecule has 0 amide bonds. The van der Waals surface area contributed by atoms with Gasteiger partial charge in [0.05, 0.1) is 11.3 Å². The number of nitrogens with zero attached hydrogens (tertiary/aromatic N) is 3. The van der Waals surface area contributed by atoms with Gasteiger partial charge in [-0.2, -0.15) is 5.26 Å². The van der Waals surface area contributed by atoms with E-state index in [9.17, 15) is 5.26 Å². The fourth-order valence-electron chi connectivity index (χ4n) is 2.76. The van der Waals surface area contributed by atoms with Crippen molar-refractivity contribution < 1.29 is 0 Å². The van der Waals surface area contributed by atoms with E-state index in [1.54, 1.807) is 0 Å². The summed E-state index contributed by atoms with van der Waals surface area (Å²) in [5.74, 6) is 0. The topological polar surface area (TPSA) is 42.3 Å². The zero-order valence-corrected chi connectivity index (χ0v) is 14.6. The third-order valence-electron chi connectivity index (χ3n) is 4.01. The third-order valence-corrected chi connectivity index (χ3v) is 4.60. The standard InChI is InChI=1S/C18H17ClN4S/c19-15-5-3-6-16(12-15)21-18(24)23-10-8-22(9-11-23)17-7-2-1-4-14(17)13-20/h1-7,12H,8-11H2,(H,21,24). The lowest BCUT2D eigenvalue weighted by molar-refractivity contribution is 0.391. The van der Waals surface area contributed by atoms with E-state index < -0.39 is 0 Å². The molecule has 122 valence electrons. The van der Waals surface area contributed by atoms with E-state index in [1.807, 2.05) is 48.5 Å². The van der Waals surface area contributed by atoms with Gasteiger partial charge >= 0.3 is 0 Å². The van der Waals surface area contributed by atoms with Crippen molar-refractivity contribution in [1.29, 1.82) is 5.26 Å². The summed E-state index contributed by atoms with van der Waals surface area (Å²) in [5.41, 5.74) is 2.60. The Morgan fingerprint density at radius 2 is 1.83 bits per heavy atom. The highest BCUT2D eigenvalue weighted by molar-refractivity contribution is 7.80. The van der Waals surface area contributed by atoms with Gasteiger partial charge in [0.25, 0.3) is 0 Å². The summed E-state index contributed by atoms with van der Waals surface area (Å²) in [6.45, 7) is 3.28. The van der Waals surface area contributed by atoms with Gasteiger partial charge in [0, 0.05) is 36.9 Å². The molecule has 1 fully saturated rings. The zero-order chi connectivity index (χ0) is 16.9. The Kier molecular flexibility index (Phi) is 5.19. The minimum atomic E-state index is 0.681. The highest BCUT2D eigenvalue weighted by Gasteiger charge is 2.20. The number of nitriles is 1. The molecule has 1 aliphatic heterocycles. The molecule has 1 saturated heterocycles. The van der Waals surface area contributed by atoms with Gasteiger partial charge in [-0.3, -0.25) is 0 Å². The van der Waals surface area contributed by atoms with E-state index in [4.69, 9.17) is 23.8 Å². The van der Waals surface area contributed by atoms with Crippen molar-refractivity contribution in [2.24, 2.45) is 0 Å². The van der Waals surface area contributed by atoms with Crippen LogP contribution in [0.2, 0.25) is 5.02 Å². The number of benzene rings is 2. The average molecular weight is 357 g/mol. The highest BCUT2D eigenvalue weighted by Crippen LogP contribution is 2.21. The monoisotopic (exact) mass is 356 g/mol. The molecule has 1 N–H and O–H groups in total. The van der Waals surface area contributed by atoms with Crippen LogP contribution in [0.25, 0.3) is 0 Å². The summed E-state index contributed by atoms with van der Waals surface area (Å²) in [5, 5.41) is 13.9. The van der Waals surface area contributed by atoms with Gasteiger partial charge in [-0.1, -0.05) is 29.8 Å². The Morgan fingerprint density at radius 3 is 2.54 bits per heavy atom. The van der Waals surface area contributed by atoms with Crippen molar-refractivity contribution in [2.75, 3.05) is 36.4 Å². The molecule has 4 nitrogen and oxygen atoms in total. The van der Waals surface area contributed by atoms with Crippen LogP contribution in [0.15, 0.2) is 48.5 Å². The number of hydrogen-bond donors (Lipinski definition) is 1. The van der Waals surface area contributed by atoms with Crippen LogP contribution < -0.4 is 10.2 Å². The first kappa shape index (κ1) is 16.6. The van der Waals surface area contributed by atoms with Gasteiger partial charge < -0.3 is 15.1 Å². The number of anilines is 2. The fourth-order valence-corrected chi connectivity index (χ4v) is 3.25. The molecule has 1 aliphatic rings. The molecule has 24 heavy (non-hydrogen) atoms. The Bertz CT molecular complexity index is 779. The number of para-hydroxylation sites is 1. The Morgan fingerprint density at radius 1 is 1.08 bits per heavy atom. The molecule has 0 spiro atoms. The number of rotatable bonds is 2. The number of halogens is 1. The largest absolute Gasteiger partial charge is 0.367 e. The van der Waals surface area contributed by atoms with Crippen molar-refractivity contribution in [3.8, 4) is 6.07 Å². The summed E-state index contributed by atoms with van der Waals surface area (Å²) in [7, 11) is 0. The summed E-state index contributed by atoms with van der Waals surface area (Å²) in [6.07, 6.45) is 0. The van der Waals surface area contributed by atoms with Gasteiger partial charge in [0.2, 0.25) is 0 Å². The second-order valence-corrected chi connectivity index (χ2v) is 6.37. The molecule has 1 heterocycles. The first-order valence-corrected chi connectivity index (χ1v) is 8.51. The normalized spacial score (nSPS) is 14.2. The van der Waals surface area contributed by atoms with Crippen LogP contribution in [0, 0.1) is 11.3 Å². The van der Waals surface area contributed by atoms with Gasteiger partial charge in [-0.15, -0.1) is 0 Å². The lowest BCUT2D eigenvalue weighted by atomic mass is 10.1. The molecule has 0 atom stereocenters. The molecular weight excluding hydrogens is 340 g/mol. The second-order valence-electron chi connectivity index (χ2n) is 5.54. The van der Waals surface area contributed by atoms with Gasteiger partial charge in [0.1, 0.15) is 6.07 Å². The van der Waals surface area contributed by atoms with E-state index >= 15 is 0 Å². The van der Waals surface area contributed by atoms with Crippen LogP contribution in [0.5, 0.6) is 0 Å². The van der Waals surface area contributed by atoms with Crippen molar-refractivity contribution >= 4 is 40.3 Å². The molecule has 0 bridgehead atoms.